The van der Waals surface area contributed by atoms with E-state index in [1.54, 1.807) is 13.8 Å². The summed E-state index contributed by atoms with van der Waals surface area (Å²) in [5, 5.41) is 6.87. The van der Waals surface area contributed by atoms with Crippen LogP contribution in [0.3, 0.4) is 0 Å². The summed E-state index contributed by atoms with van der Waals surface area (Å²) in [7, 11) is 0. The van der Waals surface area contributed by atoms with Crippen LogP contribution < -0.4 is 16.1 Å². The number of halogens is 3. The molecule has 1 unspecified atom stereocenters. The van der Waals surface area contributed by atoms with Crippen molar-refractivity contribution in [2.75, 3.05) is 30.4 Å². The van der Waals surface area contributed by atoms with Crippen LogP contribution in [0.25, 0.3) is 11.4 Å². The van der Waals surface area contributed by atoms with Crippen molar-refractivity contribution in [3.05, 3.63) is 52.5 Å². The maximum atomic E-state index is 14.7. The Morgan fingerprint density at radius 1 is 1.25 bits per heavy atom. The van der Waals surface area contributed by atoms with Gasteiger partial charge in [-0.15, -0.1) is 0 Å². The molecule has 1 aromatic carbocycles. The lowest BCUT2D eigenvalue weighted by Gasteiger charge is -2.29. The van der Waals surface area contributed by atoms with Gasteiger partial charge in [0.15, 0.2) is 5.49 Å². The van der Waals surface area contributed by atoms with E-state index in [9.17, 15) is 13.2 Å². The zero-order valence-corrected chi connectivity index (χ0v) is 17.7. The highest BCUT2D eigenvalue weighted by molar-refractivity contribution is 5.76. The number of benzene rings is 1. The van der Waals surface area contributed by atoms with Crippen LogP contribution in [0.1, 0.15) is 36.3 Å². The average molecular weight is 444 g/mol. The normalized spacial score (nSPS) is 17.4. The Kier molecular flexibility index (Phi) is 5.24. The number of hydrogen-bond donors (Lipinski definition) is 2. The van der Waals surface area contributed by atoms with Gasteiger partial charge in [-0.25, -0.2) is 23.1 Å². The summed E-state index contributed by atoms with van der Waals surface area (Å²) in [5.41, 5.74) is 1.49. The van der Waals surface area contributed by atoms with Gasteiger partial charge in [0.1, 0.15) is 23.3 Å². The minimum Gasteiger partial charge on any atom is -0.377 e. The van der Waals surface area contributed by atoms with E-state index in [-0.39, 0.29) is 11.6 Å². The second-order valence-corrected chi connectivity index (χ2v) is 8.05. The summed E-state index contributed by atoms with van der Waals surface area (Å²) >= 11 is 0. The molecule has 5 rings (SSSR count). The van der Waals surface area contributed by atoms with Gasteiger partial charge in [-0.2, -0.15) is 0 Å². The van der Waals surface area contributed by atoms with Crippen molar-refractivity contribution in [1.82, 2.24) is 14.5 Å². The van der Waals surface area contributed by atoms with Crippen molar-refractivity contribution in [2.45, 2.75) is 38.9 Å². The fourth-order valence-corrected chi connectivity index (χ4v) is 4.11. The maximum absolute atomic E-state index is 14.7. The monoisotopic (exact) mass is 444 g/mol. The van der Waals surface area contributed by atoms with Gasteiger partial charge in [0.05, 0.1) is 42.1 Å². The first-order chi connectivity index (χ1) is 15.4. The second kappa shape index (κ2) is 8.09. The lowest BCUT2D eigenvalue weighted by Crippen LogP contribution is -2.40. The Bertz CT molecular complexity index is 1210. The van der Waals surface area contributed by atoms with E-state index in [1.165, 1.54) is 12.1 Å². The number of alkyl halides is 2. The smallest absolute Gasteiger partial charge is 0.266 e. The van der Waals surface area contributed by atoms with E-state index in [2.05, 4.69) is 30.2 Å². The number of pyridine rings is 1. The van der Waals surface area contributed by atoms with Gasteiger partial charge in [0.2, 0.25) is 0 Å². The zero-order valence-electron chi connectivity index (χ0n) is 17.7. The molecule has 4 aliphatic rings. The van der Waals surface area contributed by atoms with Gasteiger partial charge in [0.25, 0.3) is 6.43 Å². The van der Waals surface area contributed by atoms with Crippen LogP contribution in [-0.4, -0.2) is 40.3 Å². The molecule has 4 heterocycles. The predicted octanol–water partition coefficient (Wildman–Crippen LogP) is 3.67. The average Bonchev–Trinajstić information content (AvgIpc) is 3.21. The number of fused-ring (bicyclic) bond motifs is 3. The molecule has 0 radical (unpaired) electrons. The highest BCUT2D eigenvalue weighted by Crippen LogP contribution is 2.34. The van der Waals surface area contributed by atoms with E-state index in [4.69, 9.17) is 4.74 Å². The number of aryl methyl sites for hydroxylation is 1. The van der Waals surface area contributed by atoms with Crippen molar-refractivity contribution in [2.24, 2.45) is 4.99 Å². The van der Waals surface area contributed by atoms with Crippen molar-refractivity contribution in [1.29, 1.82) is 0 Å². The summed E-state index contributed by atoms with van der Waals surface area (Å²) in [6.07, 6.45) is -2.89. The third kappa shape index (κ3) is 3.58. The van der Waals surface area contributed by atoms with Crippen molar-refractivity contribution >= 4 is 11.5 Å². The first-order valence-corrected chi connectivity index (χ1v) is 10.5. The molecule has 1 fully saturated rings. The zero-order chi connectivity index (χ0) is 22.4. The molecule has 32 heavy (non-hydrogen) atoms. The molecule has 4 aliphatic heterocycles. The molecule has 1 saturated heterocycles. The Hall–Kier alpha value is -3.14. The van der Waals surface area contributed by atoms with E-state index in [1.807, 2.05) is 6.07 Å². The molecule has 0 spiro atoms. The summed E-state index contributed by atoms with van der Waals surface area (Å²) < 4.78 is 48.3. The second-order valence-electron chi connectivity index (χ2n) is 8.05. The number of hydrogen-bond acceptors (Lipinski definition) is 6. The standard InChI is InChI=1S/C22H23F3N6O/c1-11(14-4-3-5-15(18(14)23)19(24)25)27-20-16-8-17(30-13-9-32-10-13)22-26-6-7-31(22)21(16)29-12(2)28-20/h3-5,8,11,13,19,26,30H,6-7,9-10H2,1-2H3. The first kappa shape index (κ1) is 20.7. The van der Waals surface area contributed by atoms with Crippen molar-refractivity contribution in [3.8, 4) is 11.4 Å². The fourth-order valence-electron chi connectivity index (χ4n) is 4.11. The van der Waals surface area contributed by atoms with Crippen LogP contribution in [0.15, 0.2) is 29.3 Å². The van der Waals surface area contributed by atoms with E-state index < -0.39 is 23.8 Å². The molecular formula is C22H23F3N6O. The van der Waals surface area contributed by atoms with Crippen LogP contribution in [-0.2, 0) is 11.3 Å². The fraction of sp³-hybridized carbons (Fsp3) is 0.409. The van der Waals surface area contributed by atoms with Crippen molar-refractivity contribution in [3.63, 3.8) is 0 Å². The Labute approximate surface area is 182 Å². The van der Waals surface area contributed by atoms with Crippen LogP contribution in [0.5, 0.6) is 0 Å². The molecule has 2 N–H and O–H groups in total. The Balaban J connectivity index is 1.64. The molecule has 1 aromatic rings. The molecule has 7 nitrogen and oxygen atoms in total. The van der Waals surface area contributed by atoms with Gasteiger partial charge in [-0.05, 0) is 19.9 Å². The highest BCUT2D eigenvalue weighted by Gasteiger charge is 2.27. The van der Waals surface area contributed by atoms with Gasteiger partial charge in [-0.3, -0.25) is 4.99 Å². The lowest BCUT2D eigenvalue weighted by molar-refractivity contribution is 0.0211. The van der Waals surface area contributed by atoms with Crippen LogP contribution >= 0.6 is 0 Å². The van der Waals surface area contributed by atoms with Crippen LogP contribution in [0, 0.1) is 12.7 Å². The number of aromatic nitrogens is 3. The van der Waals surface area contributed by atoms with Crippen molar-refractivity contribution < 1.29 is 17.9 Å². The highest BCUT2D eigenvalue weighted by atomic mass is 19.3. The van der Waals surface area contributed by atoms with Crippen LogP contribution in [0.4, 0.5) is 24.7 Å². The lowest BCUT2D eigenvalue weighted by atomic mass is 10.0. The first-order valence-electron chi connectivity index (χ1n) is 10.5. The Morgan fingerprint density at radius 3 is 2.75 bits per heavy atom. The molecule has 0 aliphatic carbocycles. The van der Waals surface area contributed by atoms with Gasteiger partial charge >= 0.3 is 0 Å². The quantitative estimate of drug-likeness (QED) is 0.628. The molecule has 10 heteroatoms. The molecule has 1 atom stereocenters. The number of nitrogens with zero attached hydrogens (tertiary/aromatic N) is 4. The van der Waals surface area contributed by atoms with Gasteiger partial charge < -0.3 is 19.9 Å². The van der Waals surface area contributed by atoms with E-state index in [0.29, 0.717) is 30.1 Å². The molecule has 0 saturated carbocycles. The SMILES string of the molecule is Cc1nc2n3c(c(NC4COC4)cc-2c(=NC(C)c2cccc(C(F)F)c2F)n1)NCC3. The topological polar surface area (TPSA) is 76.4 Å². The van der Waals surface area contributed by atoms with Gasteiger partial charge in [0, 0.05) is 18.7 Å². The summed E-state index contributed by atoms with van der Waals surface area (Å²) in [6.45, 7) is 6.22. The minimum absolute atomic E-state index is 0.104. The predicted molar refractivity (Wildman–Crippen MR) is 113 cm³/mol. The maximum Gasteiger partial charge on any atom is 0.266 e. The van der Waals surface area contributed by atoms with Crippen LogP contribution in [0.2, 0.25) is 0 Å². The molecular weight excluding hydrogens is 421 g/mol. The molecule has 0 aromatic heterocycles. The Morgan fingerprint density at radius 2 is 2.03 bits per heavy atom. The van der Waals surface area contributed by atoms with Gasteiger partial charge in [-0.1, -0.05) is 18.2 Å². The third-order valence-corrected chi connectivity index (χ3v) is 5.77. The number of nitrogens with one attached hydrogen (secondary N) is 2. The molecule has 0 amide bonds. The minimum atomic E-state index is -2.89. The third-order valence-electron chi connectivity index (χ3n) is 5.77. The number of anilines is 2. The van der Waals surface area contributed by atoms with E-state index in [0.717, 1.165) is 36.5 Å². The summed E-state index contributed by atoms with van der Waals surface area (Å²) in [6, 6.07) is 5.44. The largest absolute Gasteiger partial charge is 0.377 e. The molecule has 168 valence electrons. The number of ether oxygens (including phenoxy) is 1. The summed E-state index contributed by atoms with van der Waals surface area (Å²) in [5.74, 6) is 1.26. The number of rotatable bonds is 5. The molecule has 0 bridgehead atoms. The summed E-state index contributed by atoms with van der Waals surface area (Å²) in [4.78, 5) is 13.8. The van der Waals surface area contributed by atoms with E-state index >= 15 is 0 Å².